The fourth-order valence-electron chi connectivity index (χ4n) is 1.93. The van der Waals surface area contributed by atoms with Crippen LogP contribution in [0.4, 0.5) is 10.5 Å². The summed E-state index contributed by atoms with van der Waals surface area (Å²) in [5.41, 5.74) is 0.0314. The van der Waals surface area contributed by atoms with Crippen molar-refractivity contribution in [2.75, 3.05) is 18.5 Å². The van der Waals surface area contributed by atoms with Crippen LogP contribution in [0.3, 0.4) is 0 Å². The number of ether oxygens (including phenoxy) is 2. The van der Waals surface area contributed by atoms with Gasteiger partial charge in [0.2, 0.25) is 5.91 Å². The highest BCUT2D eigenvalue weighted by atomic mass is 16.6. The summed E-state index contributed by atoms with van der Waals surface area (Å²) < 4.78 is 10.0. The number of rotatable bonds is 7. The molecule has 9 heteroatoms. The molecule has 0 bridgehead atoms. The zero-order chi connectivity index (χ0) is 21.3. The third kappa shape index (κ3) is 9.56. The van der Waals surface area contributed by atoms with E-state index in [1.165, 1.54) is 24.3 Å². The molecule has 0 aliphatic rings. The Hall–Kier alpha value is -3.10. The van der Waals surface area contributed by atoms with Crippen molar-refractivity contribution in [2.24, 2.45) is 0 Å². The summed E-state index contributed by atoms with van der Waals surface area (Å²) in [7, 11) is 0. The second-order valence-corrected chi connectivity index (χ2v) is 7.28. The maximum atomic E-state index is 12.0. The second kappa shape index (κ2) is 10.3. The Bertz CT molecular complexity index is 707. The monoisotopic (exact) mass is 393 g/mol. The van der Waals surface area contributed by atoms with Gasteiger partial charge in [0.25, 0.3) is 5.91 Å². The molecule has 1 aromatic rings. The summed E-state index contributed by atoms with van der Waals surface area (Å²) in [5.74, 6) is -1.62. The molecule has 0 unspecified atom stereocenters. The van der Waals surface area contributed by atoms with Crippen molar-refractivity contribution >= 4 is 29.6 Å². The minimum atomic E-state index is -0.703. The van der Waals surface area contributed by atoms with E-state index in [-0.39, 0.29) is 24.1 Å². The molecule has 0 saturated carbocycles. The van der Waals surface area contributed by atoms with Gasteiger partial charge in [0.05, 0.1) is 12.1 Å². The molecule has 0 atom stereocenters. The zero-order valence-electron chi connectivity index (χ0n) is 16.8. The van der Waals surface area contributed by atoms with E-state index in [1.54, 1.807) is 34.6 Å². The molecule has 1 rings (SSSR count). The van der Waals surface area contributed by atoms with Crippen LogP contribution in [0.5, 0.6) is 0 Å². The Labute approximate surface area is 164 Å². The number of carbonyl (C=O) groups excluding carboxylic acids is 4. The second-order valence-electron chi connectivity index (χ2n) is 7.28. The predicted molar refractivity (Wildman–Crippen MR) is 103 cm³/mol. The van der Waals surface area contributed by atoms with Gasteiger partial charge in [-0.3, -0.25) is 14.9 Å². The number of carbonyl (C=O) groups is 4. The van der Waals surface area contributed by atoms with Crippen LogP contribution in [-0.2, 0) is 19.1 Å². The molecular weight excluding hydrogens is 366 g/mol. The van der Waals surface area contributed by atoms with Gasteiger partial charge in [0.1, 0.15) is 5.60 Å². The standard InChI is InChI=1S/C19H27N3O6/c1-12(2)21-15(23)10-20-16(24)11-27-17(25)13-6-8-14(9-7-13)22-18(26)28-19(3,4)5/h6-9,12H,10-11H2,1-5H3,(H,20,24)(H,21,23)(H,22,26). The van der Waals surface area contributed by atoms with Crippen molar-refractivity contribution in [1.82, 2.24) is 10.6 Å². The van der Waals surface area contributed by atoms with Crippen molar-refractivity contribution in [3.05, 3.63) is 29.8 Å². The summed E-state index contributed by atoms with van der Waals surface area (Å²) in [6, 6.07) is 5.88. The lowest BCUT2D eigenvalue weighted by Crippen LogP contribution is -2.41. The SMILES string of the molecule is CC(C)NC(=O)CNC(=O)COC(=O)c1ccc(NC(=O)OC(C)(C)C)cc1. The van der Waals surface area contributed by atoms with Gasteiger partial charge in [-0.1, -0.05) is 0 Å². The molecule has 154 valence electrons. The Morgan fingerprint density at radius 1 is 1.00 bits per heavy atom. The summed E-state index contributed by atoms with van der Waals surface area (Å²) in [6.07, 6.45) is -0.610. The number of amides is 3. The first kappa shape index (κ1) is 22.9. The Morgan fingerprint density at radius 2 is 1.61 bits per heavy atom. The number of esters is 1. The Morgan fingerprint density at radius 3 is 2.14 bits per heavy atom. The van der Waals surface area contributed by atoms with Gasteiger partial charge in [0.15, 0.2) is 6.61 Å². The molecule has 3 N–H and O–H groups in total. The van der Waals surface area contributed by atoms with Crippen molar-refractivity contribution in [3.63, 3.8) is 0 Å². The van der Waals surface area contributed by atoms with Crippen LogP contribution in [0.1, 0.15) is 45.0 Å². The summed E-state index contributed by atoms with van der Waals surface area (Å²) in [4.78, 5) is 46.7. The smallest absolute Gasteiger partial charge is 0.412 e. The highest BCUT2D eigenvalue weighted by Crippen LogP contribution is 2.13. The van der Waals surface area contributed by atoms with Crippen LogP contribution in [0.2, 0.25) is 0 Å². The maximum absolute atomic E-state index is 12.0. The van der Waals surface area contributed by atoms with E-state index in [9.17, 15) is 19.2 Å². The molecule has 28 heavy (non-hydrogen) atoms. The normalized spacial score (nSPS) is 10.8. The highest BCUT2D eigenvalue weighted by Gasteiger charge is 2.16. The molecule has 0 saturated heterocycles. The van der Waals surface area contributed by atoms with Gasteiger partial charge < -0.3 is 20.1 Å². The molecule has 0 radical (unpaired) electrons. The van der Waals surface area contributed by atoms with E-state index in [2.05, 4.69) is 16.0 Å². The highest BCUT2D eigenvalue weighted by molar-refractivity contribution is 5.93. The molecule has 0 aliphatic carbocycles. The van der Waals surface area contributed by atoms with E-state index in [0.29, 0.717) is 5.69 Å². The van der Waals surface area contributed by atoms with Gasteiger partial charge in [-0.05, 0) is 58.9 Å². The topological polar surface area (TPSA) is 123 Å². The van der Waals surface area contributed by atoms with Crippen LogP contribution in [0, 0.1) is 0 Å². The van der Waals surface area contributed by atoms with Gasteiger partial charge >= 0.3 is 12.1 Å². The molecule has 3 amide bonds. The first-order valence-electron chi connectivity index (χ1n) is 8.79. The van der Waals surface area contributed by atoms with Crippen LogP contribution in [-0.4, -0.2) is 48.7 Å². The van der Waals surface area contributed by atoms with Crippen LogP contribution in [0.25, 0.3) is 0 Å². The third-order valence-electron chi connectivity index (χ3n) is 3.00. The van der Waals surface area contributed by atoms with Gasteiger partial charge in [-0.25, -0.2) is 9.59 Å². The average molecular weight is 393 g/mol. The Kier molecular flexibility index (Phi) is 8.43. The third-order valence-corrected chi connectivity index (χ3v) is 3.00. The predicted octanol–water partition coefficient (Wildman–Crippen LogP) is 1.83. The van der Waals surface area contributed by atoms with E-state index in [0.717, 1.165) is 0 Å². The first-order valence-corrected chi connectivity index (χ1v) is 8.79. The molecule has 0 fully saturated rings. The minimum absolute atomic E-state index is 0.0324. The first-order chi connectivity index (χ1) is 13.0. The molecule has 0 heterocycles. The fourth-order valence-corrected chi connectivity index (χ4v) is 1.93. The Balaban J connectivity index is 2.43. The summed E-state index contributed by atoms with van der Waals surface area (Å²) in [5, 5.41) is 7.51. The minimum Gasteiger partial charge on any atom is -0.452 e. The molecule has 9 nitrogen and oxygen atoms in total. The molecule has 1 aromatic carbocycles. The van der Waals surface area contributed by atoms with Crippen LogP contribution < -0.4 is 16.0 Å². The number of nitrogens with one attached hydrogen (secondary N) is 3. The molecule has 0 aliphatic heterocycles. The maximum Gasteiger partial charge on any atom is 0.412 e. The van der Waals surface area contributed by atoms with Gasteiger partial charge in [-0.15, -0.1) is 0 Å². The molecular formula is C19H27N3O6. The number of anilines is 1. The summed E-state index contributed by atoms with van der Waals surface area (Å²) in [6.45, 7) is 8.15. The van der Waals surface area contributed by atoms with E-state index in [4.69, 9.17) is 9.47 Å². The van der Waals surface area contributed by atoms with E-state index < -0.39 is 30.2 Å². The lowest BCUT2D eigenvalue weighted by Gasteiger charge is -2.19. The zero-order valence-corrected chi connectivity index (χ0v) is 16.8. The van der Waals surface area contributed by atoms with Crippen LogP contribution in [0.15, 0.2) is 24.3 Å². The van der Waals surface area contributed by atoms with Crippen molar-refractivity contribution in [1.29, 1.82) is 0 Å². The van der Waals surface area contributed by atoms with Crippen LogP contribution >= 0.6 is 0 Å². The lowest BCUT2D eigenvalue weighted by molar-refractivity contribution is -0.128. The average Bonchev–Trinajstić information content (AvgIpc) is 2.56. The van der Waals surface area contributed by atoms with E-state index in [1.807, 2.05) is 0 Å². The number of hydrogen-bond donors (Lipinski definition) is 3. The number of hydrogen-bond acceptors (Lipinski definition) is 6. The lowest BCUT2D eigenvalue weighted by atomic mass is 10.2. The van der Waals surface area contributed by atoms with Crippen molar-refractivity contribution < 1.29 is 28.7 Å². The fraction of sp³-hybridized carbons (Fsp3) is 0.474. The number of benzene rings is 1. The summed E-state index contributed by atoms with van der Waals surface area (Å²) >= 11 is 0. The van der Waals surface area contributed by atoms with E-state index >= 15 is 0 Å². The molecule has 0 aromatic heterocycles. The van der Waals surface area contributed by atoms with Crippen molar-refractivity contribution in [2.45, 2.75) is 46.3 Å². The quantitative estimate of drug-likeness (QED) is 0.608. The van der Waals surface area contributed by atoms with Gasteiger partial charge in [0, 0.05) is 11.7 Å². The van der Waals surface area contributed by atoms with Gasteiger partial charge in [-0.2, -0.15) is 0 Å². The molecule has 0 spiro atoms. The van der Waals surface area contributed by atoms with Crippen molar-refractivity contribution in [3.8, 4) is 0 Å². The largest absolute Gasteiger partial charge is 0.452 e.